The second-order valence-corrected chi connectivity index (χ2v) is 4.36. The van der Waals surface area contributed by atoms with Crippen molar-refractivity contribution in [1.29, 1.82) is 0 Å². The molecule has 5 nitrogen and oxygen atoms in total. The van der Waals surface area contributed by atoms with Crippen molar-refractivity contribution in [1.82, 2.24) is 10.6 Å². The summed E-state index contributed by atoms with van der Waals surface area (Å²) in [4.78, 5) is 0. The lowest BCUT2D eigenvalue weighted by Crippen LogP contribution is -2.37. The molecule has 1 heterocycles. The van der Waals surface area contributed by atoms with Crippen molar-refractivity contribution in [2.75, 3.05) is 53.6 Å². The molecule has 0 amide bonds. The summed E-state index contributed by atoms with van der Waals surface area (Å²) in [7, 11) is 3.40. The molecule has 0 bridgehead atoms. The largest absolute Gasteiger partial charge is 0.382 e. The van der Waals surface area contributed by atoms with Gasteiger partial charge >= 0.3 is 0 Å². The fourth-order valence-electron chi connectivity index (χ4n) is 1.90. The van der Waals surface area contributed by atoms with E-state index in [9.17, 15) is 0 Å². The summed E-state index contributed by atoms with van der Waals surface area (Å²) < 4.78 is 15.8. The number of hydrogen-bond acceptors (Lipinski definition) is 5. The van der Waals surface area contributed by atoms with Crippen LogP contribution in [0.4, 0.5) is 0 Å². The Morgan fingerprint density at radius 2 is 2.12 bits per heavy atom. The Morgan fingerprint density at radius 3 is 2.76 bits per heavy atom. The van der Waals surface area contributed by atoms with Crippen LogP contribution in [0.5, 0.6) is 0 Å². The van der Waals surface area contributed by atoms with Crippen molar-refractivity contribution in [2.24, 2.45) is 0 Å². The van der Waals surface area contributed by atoms with E-state index >= 15 is 0 Å². The fraction of sp³-hybridized carbons (Fsp3) is 1.00. The third-order valence-electron chi connectivity index (χ3n) is 2.93. The number of ether oxygens (including phenoxy) is 3. The van der Waals surface area contributed by atoms with E-state index in [0.717, 1.165) is 32.8 Å². The smallest absolute Gasteiger partial charge is 0.0928 e. The molecule has 1 rings (SSSR count). The highest BCUT2D eigenvalue weighted by atomic mass is 16.5. The van der Waals surface area contributed by atoms with Crippen LogP contribution in [-0.4, -0.2) is 65.8 Å². The van der Waals surface area contributed by atoms with E-state index in [2.05, 4.69) is 10.6 Å². The summed E-state index contributed by atoms with van der Waals surface area (Å²) in [5.74, 6) is 0. The summed E-state index contributed by atoms with van der Waals surface area (Å²) in [5.41, 5.74) is 0. The number of methoxy groups -OCH3 is 2. The molecule has 1 aliphatic heterocycles. The zero-order valence-electron chi connectivity index (χ0n) is 11.0. The highest BCUT2D eigenvalue weighted by molar-refractivity contribution is 4.68. The van der Waals surface area contributed by atoms with Gasteiger partial charge in [0.1, 0.15) is 0 Å². The van der Waals surface area contributed by atoms with Gasteiger partial charge in [-0.05, 0) is 12.8 Å². The molecule has 2 unspecified atom stereocenters. The van der Waals surface area contributed by atoms with E-state index in [1.165, 1.54) is 12.8 Å². The second kappa shape index (κ2) is 9.79. The van der Waals surface area contributed by atoms with E-state index in [-0.39, 0.29) is 6.10 Å². The first-order chi connectivity index (χ1) is 8.36. The van der Waals surface area contributed by atoms with Gasteiger partial charge in [-0.3, -0.25) is 0 Å². The van der Waals surface area contributed by atoms with Crippen LogP contribution in [0.15, 0.2) is 0 Å². The Morgan fingerprint density at radius 1 is 1.29 bits per heavy atom. The van der Waals surface area contributed by atoms with Gasteiger partial charge in [-0.2, -0.15) is 0 Å². The highest BCUT2D eigenvalue weighted by Crippen LogP contribution is 2.10. The molecule has 0 aromatic carbocycles. The van der Waals surface area contributed by atoms with Crippen LogP contribution in [0.2, 0.25) is 0 Å². The van der Waals surface area contributed by atoms with Crippen LogP contribution < -0.4 is 10.6 Å². The Kier molecular flexibility index (Phi) is 8.56. The molecule has 1 fully saturated rings. The molecular weight excluding hydrogens is 220 g/mol. The van der Waals surface area contributed by atoms with Crippen LogP contribution in [0.25, 0.3) is 0 Å². The molecule has 0 aromatic heterocycles. The van der Waals surface area contributed by atoms with Gasteiger partial charge in [0.15, 0.2) is 0 Å². The van der Waals surface area contributed by atoms with E-state index in [1.54, 1.807) is 14.2 Å². The van der Waals surface area contributed by atoms with E-state index in [1.807, 2.05) is 0 Å². The predicted octanol–water partition coefficient (Wildman–Crippen LogP) is 0.00600. The molecule has 102 valence electrons. The van der Waals surface area contributed by atoms with Crippen molar-refractivity contribution in [3.05, 3.63) is 0 Å². The molecule has 2 N–H and O–H groups in total. The average Bonchev–Trinajstić information content (AvgIpc) is 2.85. The van der Waals surface area contributed by atoms with Gasteiger partial charge in [0.25, 0.3) is 0 Å². The molecule has 0 saturated carbocycles. The molecule has 2 atom stereocenters. The SMILES string of the molecule is COCC(CNCCNCC1CCCO1)OC. The normalized spacial score (nSPS) is 21.9. The zero-order chi connectivity index (χ0) is 12.3. The first-order valence-electron chi connectivity index (χ1n) is 6.41. The van der Waals surface area contributed by atoms with Crippen LogP contribution in [0.3, 0.4) is 0 Å². The molecule has 1 aliphatic rings. The van der Waals surface area contributed by atoms with Gasteiger partial charge in [-0.25, -0.2) is 0 Å². The maximum Gasteiger partial charge on any atom is 0.0928 e. The van der Waals surface area contributed by atoms with E-state index < -0.39 is 0 Å². The average molecular weight is 246 g/mol. The lowest BCUT2D eigenvalue weighted by molar-refractivity contribution is 0.0291. The van der Waals surface area contributed by atoms with Gasteiger partial charge in [0, 0.05) is 47.0 Å². The third kappa shape index (κ3) is 6.95. The summed E-state index contributed by atoms with van der Waals surface area (Å²) >= 11 is 0. The Labute approximate surface area is 104 Å². The van der Waals surface area contributed by atoms with Crippen molar-refractivity contribution >= 4 is 0 Å². The lowest BCUT2D eigenvalue weighted by atomic mass is 10.2. The first kappa shape index (κ1) is 14.9. The molecule has 0 spiro atoms. The van der Waals surface area contributed by atoms with Crippen molar-refractivity contribution in [3.63, 3.8) is 0 Å². The van der Waals surface area contributed by atoms with Crippen LogP contribution in [0, 0.1) is 0 Å². The summed E-state index contributed by atoms with van der Waals surface area (Å²) in [6.07, 6.45) is 2.96. The topological polar surface area (TPSA) is 51.8 Å². The van der Waals surface area contributed by atoms with Gasteiger partial charge < -0.3 is 24.8 Å². The standard InChI is InChI=1S/C12H26N2O3/c1-15-10-12(16-2)9-14-6-5-13-8-11-4-3-7-17-11/h11-14H,3-10H2,1-2H3. The van der Waals surface area contributed by atoms with Gasteiger partial charge in [-0.15, -0.1) is 0 Å². The molecule has 17 heavy (non-hydrogen) atoms. The first-order valence-corrected chi connectivity index (χ1v) is 6.41. The maximum absolute atomic E-state index is 5.53. The van der Waals surface area contributed by atoms with Crippen LogP contribution in [0.1, 0.15) is 12.8 Å². The Hall–Kier alpha value is -0.200. The van der Waals surface area contributed by atoms with Crippen LogP contribution in [-0.2, 0) is 14.2 Å². The third-order valence-corrected chi connectivity index (χ3v) is 2.93. The van der Waals surface area contributed by atoms with E-state index in [0.29, 0.717) is 12.7 Å². The number of rotatable bonds is 10. The molecule has 5 heteroatoms. The van der Waals surface area contributed by atoms with E-state index in [4.69, 9.17) is 14.2 Å². The zero-order valence-corrected chi connectivity index (χ0v) is 11.0. The quantitative estimate of drug-likeness (QED) is 0.532. The minimum Gasteiger partial charge on any atom is -0.382 e. The van der Waals surface area contributed by atoms with Gasteiger partial charge in [0.05, 0.1) is 18.8 Å². The minimum absolute atomic E-state index is 0.137. The molecule has 0 aliphatic carbocycles. The summed E-state index contributed by atoms with van der Waals surface area (Å²) in [6.45, 7) is 5.25. The lowest BCUT2D eigenvalue weighted by Gasteiger charge is -2.15. The van der Waals surface area contributed by atoms with Crippen molar-refractivity contribution < 1.29 is 14.2 Å². The van der Waals surface area contributed by atoms with Gasteiger partial charge in [-0.1, -0.05) is 0 Å². The number of hydrogen-bond donors (Lipinski definition) is 2. The molecule has 1 saturated heterocycles. The highest BCUT2D eigenvalue weighted by Gasteiger charge is 2.14. The maximum atomic E-state index is 5.53. The summed E-state index contributed by atoms with van der Waals surface area (Å²) in [5, 5.41) is 6.73. The summed E-state index contributed by atoms with van der Waals surface area (Å²) in [6, 6.07) is 0. The minimum atomic E-state index is 0.137. The predicted molar refractivity (Wildman–Crippen MR) is 67.4 cm³/mol. The van der Waals surface area contributed by atoms with Gasteiger partial charge in [0.2, 0.25) is 0 Å². The second-order valence-electron chi connectivity index (χ2n) is 4.36. The molecule has 0 aromatic rings. The Bertz CT molecular complexity index is 175. The molecule has 0 radical (unpaired) electrons. The van der Waals surface area contributed by atoms with Crippen molar-refractivity contribution in [2.45, 2.75) is 25.0 Å². The number of nitrogens with one attached hydrogen (secondary N) is 2. The monoisotopic (exact) mass is 246 g/mol. The van der Waals surface area contributed by atoms with Crippen LogP contribution >= 0.6 is 0 Å². The Balaban J connectivity index is 1.86. The molecular formula is C12H26N2O3. The van der Waals surface area contributed by atoms with Crippen molar-refractivity contribution in [3.8, 4) is 0 Å². The fourth-order valence-corrected chi connectivity index (χ4v) is 1.90.